The van der Waals surface area contributed by atoms with Crippen molar-refractivity contribution in [1.29, 1.82) is 0 Å². The van der Waals surface area contributed by atoms with Crippen molar-refractivity contribution in [2.45, 2.75) is 13.0 Å². The van der Waals surface area contributed by atoms with E-state index < -0.39 is 0 Å². The summed E-state index contributed by atoms with van der Waals surface area (Å²) in [4.78, 5) is 4.30. The van der Waals surface area contributed by atoms with Gasteiger partial charge in [-0.2, -0.15) is 0 Å². The number of pyridine rings is 1. The second-order valence-corrected chi connectivity index (χ2v) is 4.78. The van der Waals surface area contributed by atoms with Crippen molar-refractivity contribution in [3.8, 4) is 5.75 Å². The maximum Gasteiger partial charge on any atom is 0.119 e. The van der Waals surface area contributed by atoms with Crippen LogP contribution in [0.4, 0.5) is 0 Å². The van der Waals surface area contributed by atoms with Crippen LogP contribution >= 0.6 is 11.6 Å². The number of likely N-dealkylation sites (N-methyl/N-ethyl adjacent to an activating group) is 1. The molecule has 1 aromatic carbocycles. The number of nitrogens with one attached hydrogen (secondary N) is 1. The SMILES string of the molecule is CNC(COc1ccc(Cl)cc1)c1ccc(C)nc1. The summed E-state index contributed by atoms with van der Waals surface area (Å²) in [6.07, 6.45) is 1.88. The Morgan fingerprint density at radius 2 is 1.95 bits per heavy atom. The fourth-order valence-corrected chi connectivity index (χ4v) is 1.87. The molecule has 0 bridgehead atoms. The van der Waals surface area contributed by atoms with Gasteiger partial charge in [0.2, 0.25) is 0 Å². The number of halogens is 1. The van der Waals surface area contributed by atoms with Crippen LogP contribution in [0.3, 0.4) is 0 Å². The number of hydrogen-bond donors (Lipinski definition) is 1. The lowest BCUT2D eigenvalue weighted by Gasteiger charge is -2.17. The topological polar surface area (TPSA) is 34.1 Å². The molecule has 0 saturated carbocycles. The molecule has 1 aromatic heterocycles. The first-order chi connectivity index (χ1) is 9.19. The van der Waals surface area contributed by atoms with Crippen LogP contribution in [-0.4, -0.2) is 18.6 Å². The standard InChI is InChI=1S/C15H17ClN2O/c1-11-3-4-12(9-18-11)15(17-2)10-19-14-7-5-13(16)6-8-14/h3-9,15,17H,10H2,1-2H3. The van der Waals surface area contributed by atoms with Crippen LogP contribution in [-0.2, 0) is 0 Å². The number of benzene rings is 1. The Balaban J connectivity index is 1.99. The maximum absolute atomic E-state index is 5.84. The van der Waals surface area contributed by atoms with E-state index in [1.807, 2.05) is 50.5 Å². The molecule has 0 aliphatic carbocycles. The Kier molecular flexibility index (Phi) is 4.77. The highest BCUT2D eigenvalue weighted by Gasteiger charge is 2.10. The third kappa shape index (κ3) is 3.94. The van der Waals surface area contributed by atoms with E-state index in [2.05, 4.69) is 16.4 Å². The van der Waals surface area contributed by atoms with E-state index in [0.717, 1.165) is 17.0 Å². The van der Waals surface area contributed by atoms with Gasteiger partial charge in [0.15, 0.2) is 0 Å². The fraction of sp³-hybridized carbons (Fsp3) is 0.267. The number of rotatable bonds is 5. The van der Waals surface area contributed by atoms with Gasteiger partial charge in [-0.05, 0) is 49.9 Å². The average molecular weight is 277 g/mol. The molecule has 2 rings (SSSR count). The van der Waals surface area contributed by atoms with Crippen LogP contribution in [0, 0.1) is 6.92 Å². The van der Waals surface area contributed by atoms with Gasteiger partial charge in [-0.25, -0.2) is 0 Å². The molecule has 19 heavy (non-hydrogen) atoms. The van der Waals surface area contributed by atoms with Crippen molar-refractivity contribution < 1.29 is 4.74 Å². The molecule has 4 heteroatoms. The van der Waals surface area contributed by atoms with Gasteiger partial charge in [0.1, 0.15) is 12.4 Å². The van der Waals surface area contributed by atoms with Crippen LogP contribution in [0.15, 0.2) is 42.6 Å². The lowest BCUT2D eigenvalue weighted by atomic mass is 10.1. The molecule has 0 saturated heterocycles. The Morgan fingerprint density at radius 1 is 1.21 bits per heavy atom. The summed E-state index contributed by atoms with van der Waals surface area (Å²) in [7, 11) is 1.91. The smallest absolute Gasteiger partial charge is 0.119 e. The molecule has 0 amide bonds. The number of aryl methyl sites for hydroxylation is 1. The van der Waals surface area contributed by atoms with Gasteiger partial charge in [0, 0.05) is 16.9 Å². The second-order valence-electron chi connectivity index (χ2n) is 4.34. The Labute approximate surface area is 118 Å². The van der Waals surface area contributed by atoms with E-state index >= 15 is 0 Å². The number of aromatic nitrogens is 1. The van der Waals surface area contributed by atoms with Crippen LogP contribution < -0.4 is 10.1 Å². The van der Waals surface area contributed by atoms with Gasteiger partial charge in [0.25, 0.3) is 0 Å². The molecule has 0 radical (unpaired) electrons. The lowest BCUT2D eigenvalue weighted by molar-refractivity contribution is 0.273. The van der Waals surface area contributed by atoms with E-state index in [9.17, 15) is 0 Å². The predicted octanol–water partition coefficient (Wildman–Crippen LogP) is 3.38. The zero-order chi connectivity index (χ0) is 13.7. The highest BCUT2D eigenvalue weighted by Crippen LogP contribution is 2.18. The van der Waals surface area contributed by atoms with Crippen molar-refractivity contribution >= 4 is 11.6 Å². The molecular weight excluding hydrogens is 260 g/mol. The minimum absolute atomic E-state index is 0.115. The minimum atomic E-state index is 0.115. The zero-order valence-corrected chi connectivity index (χ0v) is 11.8. The van der Waals surface area contributed by atoms with E-state index in [1.54, 1.807) is 0 Å². The van der Waals surface area contributed by atoms with Crippen molar-refractivity contribution in [3.63, 3.8) is 0 Å². The maximum atomic E-state index is 5.84. The largest absolute Gasteiger partial charge is 0.492 e. The average Bonchev–Trinajstić information content (AvgIpc) is 2.43. The third-order valence-corrected chi connectivity index (χ3v) is 3.17. The summed E-state index contributed by atoms with van der Waals surface area (Å²) in [5.74, 6) is 0.810. The van der Waals surface area contributed by atoms with Gasteiger partial charge < -0.3 is 10.1 Å². The van der Waals surface area contributed by atoms with Gasteiger partial charge in [-0.15, -0.1) is 0 Å². The van der Waals surface area contributed by atoms with Gasteiger partial charge >= 0.3 is 0 Å². The predicted molar refractivity (Wildman–Crippen MR) is 77.7 cm³/mol. The highest BCUT2D eigenvalue weighted by atomic mass is 35.5. The molecule has 1 atom stereocenters. The molecule has 100 valence electrons. The Morgan fingerprint density at radius 3 is 2.53 bits per heavy atom. The lowest BCUT2D eigenvalue weighted by Crippen LogP contribution is -2.23. The molecular formula is C15H17ClN2O. The zero-order valence-electron chi connectivity index (χ0n) is 11.1. The highest BCUT2D eigenvalue weighted by molar-refractivity contribution is 6.30. The molecule has 0 fully saturated rings. The van der Waals surface area contributed by atoms with Crippen LogP contribution in [0.25, 0.3) is 0 Å². The Hall–Kier alpha value is -1.58. The van der Waals surface area contributed by atoms with Crippen molar-refractivity contribution in [3.05, 3.63) is 58.9 Å². The van der Waals surface area contributed by atoms with E-state index in [0.29, 0.717) is 11.6 Å². The van der Waals surface area contributed by atoms with E-state index in [4.69, 9.17) is 16.3 Å². The van der Waals surface area contributed by atoms with Crippen molar-refractivity contribution in [2.75, 3.05) is 13.7 Å². The van der Waals surface area contributed by atoms with E-state index in [-0.39, 0.29) is 6.04 Å². The summed E-state index contributed by atoms with van der Waals surface area (Å²) in [6.45, 7) is 2.52. The molecule has 1 unspecified atom stereocenters. The number of hydrogen-bond acceptors (Lipinski definition) is 3. The van der Waals surface area contributed by atoms with Gasteiger partial charge in [-0.1, -0.05) is 17.7 Å². The summed E-state index contributed by atoms with van der Waals surface area (Å²) >= 11 is 5.84. The third-order valence-electron chi connectivity index (χ3n) is 2.92. The second kappa shape index (κ2) is 6.55. The van der Waals surface area contributed by atoms with Crippen LogP contribution in [0.2, 0.25) is 5.02 Å². The summed E-state index contributed by atoms with van der Waals surface area (Å²) in [5, 5.41) is 3.94. The first-order valence-corrected chi connectivity index (χ1v) is 6.55. The molecule has 0 spiro atoms. The molecule has 1 heterocycles. The number of nitrogens with zero attached hydrogens (tertiary/aromatic N) is 1. The molecule has 0 aliphatic rings. The van der Waals surface area contributed by atoms with Crippen LogP contribution in [0.5, 0.6) is 5.75 Å². The minimum Gasteiger partial charge on any atom is -0.492 e. The van der Waals surface area contributed by atoms with Gasteiger partial charge in [-0.3, -0.25) is 4.98 Å². The summed E-state index contributed by atoms with van der Waals surface area (Å²) in [6, 6.07) is 11.5. The number of ether oxygens (including phenoxy) is 1. The summed E-state index contributed by atoms with van der Waals surface area (Å²) < 4.78 is 5.75. The van der Waals surface area contributed by atoms with Crippen molar-refractivity contribution in [1.82, 2.24) is 10.3 Å². The van der Waals surface area contributed by atoms with Crippen LogP contribution in [0.1, 0.15) is 17.3 Å². The van der Waals surface area contributed by atoms with E-state index in [1.165, 1.54) is 0 Å². The Bertz CT molecular complexity index is 511. The molecule has 3 nitrogen and oxygen atoms in total. The molecule has 1 N–H and O–H groups in total. The van der Waals surface area contributed by atoms with Gasteiger partial charge in [0.05, 0.1) is 6.04 Å². The first kappa shape index (κ1) is 13.8. The fourth-order valence-electron chi connectivity index (χ4n) is 1.74. The molecule has 0 aliphatic heterocycles. The normalized spacial score (nSPS) is 12.2. The van der Waals surface area contributed by atoms with Crippen molar-refractivity contribution in [2.24, 2.45) is 0 Å². The summed E-state index contributed by atoms with van der Waals surface area (Å²) in [5.41, 5.74) is 2.12. The monoisotopic (exact) mass is 276 g/mol. The molecule has 2 aromatic rings. The quantitative estimate of drug-likeness (QED) is 0.909. The first-order valence-electron chi connectivity index (χ1n) is 6.17.